The van der Waals surface area contributed by atoms with Crippen molar-refractivity contribution in [3.63, 3.8) is 0 Å². The van der Waals surface area contributed by atoms with Crippen molar-refractivity contribution in [2.75, 3.05) is 7.05 Å². The summed E-state index contributed by atoms with van der Waals surface area (Å²) >= 11 is 0. The van der Waals surface area contributed by atoms with Crippen molar-refractivity contribution in [2.45, 2.75) is 25.3 Å². The Bertz CT molecular complexity index is 309. The average Bonchev–Trinajstić information content (AvgIpc) is 2.17. The second-order valence-corrected chi connectivity index (χ2v) is 3.64. The maximum absolute atomic E-state index is 12.9. The molecule has 1 aliphatic rings. The van der Waals surface area contributed by atoms with Crippen LogP contribution in [0.3, 0.4) is 0 Å². The first-order chi connectivity index (χ1) is 6.29. The predicted octanol–water partition coefficient (Wildman–Crippen LogP) is 1.90. The van der Waals surface area contributed by atoms with Gasteiger partial charge in [-0.3, -0.25) is 0 Å². The molecular weight excluding hydrogens is 165 g/mol. The molecule has 1 atom stereocenters. The lowest BCUT2D eigenvalue weighted by Crippen LogP contribution is -2.31. The van der Waals surface area contributed by atoms with Gasteiger partial charge in [-0.15, -0.1) is 0 Å². The van der Waals surface area contributed by atoms with Gasteiger partial charge in [0.2, 0.25) is 0 Å². The Morgan fingerprint density at radius 2 is 2.23 bits per heavy atom. The first-order valence-electron chi connectivity index (χ1n) is 4.74. The first kappa shape index (κ1) is 8.70. The molecule has 0 spiro atoms. The molecule has 0 fully saturated rings. The lowest BCUT2D eigenvalue weighted by atomic mass is 9.88. The maximum Gasteiger partial charge on any atom is 0.123 e. The number of halogens is 1. The highest BCUT2D eigenvalue weighted by atomic mass is 19.1. The van der Waals surface area contributed by atoms with E-state index in [1.54, 1.807) is 12.1 Å². The largest absolute Gasteiger partial charge is 0.317 e. The summed E-state index contributed by atoms with van der Waals surface area (Å²) in [5, 5.41) is 3.27. The summed E-state index contributed by atoms with van der Waals surface area (Å²) in [6.07, 6.45) is 3.15. The number of hydrogen-bond donors (Lipinski definition) is 1. The van der Waals surface area contributed by atoms with Crippen LogP contribution < -0.4 is 5.32 Å². The fourth-order valence-corrected chi connectivity index (χ4v) is 1.97. The summed E-state index contributed by atoms with van der Waals surface area (Å²) in [4.78, 5) is 0. The molecule has 1 N–H and O–H groups in total. The van der Waals surface area contributed by atoms with Gasteiger partial charge < -0.3 is 5.32 Å². The fraction of sp³-hybridized carbons (Fsp3) is 0.455. The van der Waals surface area contributed by atoms with Crippen molar-refractivity contribution < 1.29 is 4.39 Å². The monoisotopic (exact) mass is 179 g/mol. The van der Waals surface area contributed by atoms with Gasteiger partial charge >= 0.3 is 0 Å². The molecule has 70 valence electrons. The van der Waals surface area contributed by atoms with Gasteiger partial charge in [0.1, 0.15) is 5.82 Å². The number of aryl methyl sites for hydroxylation is 1. The van der Waals surface area contributed by atoms with E-state index in [2.05, 4.69) is 5.32 Å². The van der Waals surface area contributed by atoms with E-state index in [4.69, 9.17) is 0 Å². The van der Waals surface area contributed by atoms with Crippen LogP contribution in [0, 0.1) is 5.82 Å². The summed E-state index contributed by atoms with van der Waals surface area (Å²) < 4.78 is 12.9. The Morgan fingerprint density at radius 1 is 1.38 bits per heavy atom. The Morgan fingerprint density at radius 3 is 3.00 bits per heavy atom. The summed E-state index contributed by atoms with van der Waals surface area (Å²) in [6, 6.07) is 5.70. The van der Waals surface area contributed by atoms with Crippen LogP contribution in [0.2, 0.25) is 0 Å². The Kier molecular flexibility index (Phi) is 2.32. The molecule has 0 amide bonds. The molecule has 0 radical (unpaired) electrons. The molecule has 0 aliphatic heterocycles. The van der Waals surface area contributed by atoms with Gasteiger partial charge in [-0.25, -0.2) is 4.39 Å². The van der Waals surface area contributed by atoms with E-state index in [-0.39, 0.29) is 5.82 Å². The quantitative estimate of drug-likeness (QED) is 0.694. The highest BCUT2D eigenvalue weighted by Gasteiger charge is 2.16. The molecule has 2 rings (SSSR count). The summed E-state index contributed by atoms with van der Waals surface area (Å²) in [5.74, 6) is -0.110. The molecule has 0 aromatic heterocycles. The Hall–Kier alpha value is -0.890. The molecule has 2 heteroatoms. The van der Waals surface area contributed by atoms with Crippen molar-refractivity contribution >= 4 is 0 Å². The van der Waals surface area contributed by atoms with E-state index in [0.717, 1.165) is 19.3 Å². The summed E-state index contributed by atoms with van der Waals surface area (Å²) in [7, 11) is 1.99. The van der Waals surface area contributed by atoms with Gasteiger partial charge in [0.15, 0.2) is 0 Å². The fourth-order valence-electron chi connectivity index (χ4n) is 1.97. The number of fused-ring (bicyclic) bond motifs is 1. The first-order valence-corrected chi connectivity index (χ1v) is 4.74. The Balaban J connectivity index is 2.26. The van der Waals surface area contributed by atoms with Crippen molar-refractivity contribution in [2.24, 2.45) is 0 Å². The van der Waals surface area contributed by atoms with Crippen molar-refractivity contribution in [1.82, 2.24) is 5.32 Å². The van der Waals surface area contributed by atoms with Crippen LogP contribution >= 0.6 is 0 Å². The molecule has 1 aliphatic carbocycles. The second-order valence-electron chi connectivity index (χ2n) is 3.64. The molecule has 0 bridgehead atoms. The maximum atomic E-state index is 12.9. The molecule has 1 aromatic rings. The molecule has 1 unspecified atom stereocenters. The molecule has 1 nitrogen and oxygen atoms in total. The number of rotatable bonds is 1. The molecular formula is C11H14FN. The summed E-state index contributed by atoms with van der Waals surface area (Å²) in [6.45, 7) is 0. The molecule has 0 saturated heterocycles. The number of likely N-dealkylation sites (N-methyl/N-ethyl adjacent to an activating group) is 1. The standard InChI is InChI=1S/C11H14FN/c1-13-11-5-3-8-6-10(12)4-2-9(8)7-11/h2,4,6,11,13H,3,5,7H2,1H3. The van der Waals surface area contributed by atoms with Crippen molar-refractivity contribution in [3.8, 4) is 0 Å². The van der Waals surface area contributed by atoms with Crippen LogP contribution in [0.4, 0.5) is 4.39 Å². The molecule has 13 heavy (non-hydrogen) atoms. The van der Waals surface area contributed by atoms with Gasteiger partial charge in [-0.05, 0) is 49.6 Å². The minimum Gasteiger partial charge on any atom is -0.317 e. The van der Waals surface area contributed by atoms with Crippen molar-refractivity contribution in [3.05, 3.63) is 35.1 Å². The molecule has 0 saturated carbocycles. The van der Waals surface area contributed by atoms with E-state index < -0.39 is 0 Å². The van der Waals surface area contributed by atoms with E-state index in [0.29, 0.717) is 6.04 Å². The molecule has 1 aromatic carbocycles. The van der Waals surface area contributed by atoms with Crippen LogP contribution in [-0.2, 0) is 12.8 Å². The highest BCUT2D eigenvalue weighted by Crippen LogP contribution is 2.21. The van der Waals surface area contributed by atoms with Crippen LogP contribution in [0.5, 0.6) is 0 Å². The van der Waals surface area contributed by atoms with Gasteiger partial charge in [-0.2, -0.15) is 0 Å². The van der Waals surface area contributed by atoms with Crippen molar-refractivity contribution in [1.29, 1.82) is 0 Å². The third-order valence-electron chi connectivity index (χ3n) is 2.81. The minimum atomic E-state index is -0.110. The zero-order chi connectivity index (χ0) is 9.26. The topological polar surface area (TPSA) is 12.0 Å². The third kappa shape index (κ3) is 1.73. The zero-order valence-corrected chi connectivity index (χ0v) is 7.81. The highest BCUT2D eigenvalue weighted by molar-refractivity contribution is 5.31. The Labute approximate surface area is 78.0 Å². The lowest BCUT2D eigenvalue weighted by molar-refractivity contribution is 0.493. The average molecular weight is 179 g/mol. The third-order valence-corrected chi connectivity index (χ3v) is 2.81. The van der Waals surface area contributed by atoms with Crippen LogP contribution in [-0.4, -0.2) is 13.1 Å². The minimum absolute atomic E-state index is 0.110. The van der Waals surface area contributed by atoms with Gasteiger partial charge in [0, 0.05) is 6.04 Å². The number of hydrogen-bond acceptors (Lipinski definition) is 1. The smallest absolute Gasteiger partial charge is 0.123 e. The van der Waals surface area contributed by atoms with E-state index >= 15 is 0 Å². The predicted molar refractivity (Wildman–Crippen MR) is 51.3 cm³/mol. The lowest BCUT2D eigenvalue weighted by Gasteiger charge is -2.23. The van der Waals surface area contributed by atoms with E-state index in [9.17, 15) is 4.39 Å². The van der Waals surface area contributed by atoms with Gasteiger partial charge in [0.05, 0.1) is 0 Å². The van der Waals surface area contributed by atoms with Gasteiger partial charge in [-0.1, -0.05) is 6.07 Å². The van der Waals surface area contributed by atoms with E-state index in [1.807, 2.05) is 13.1 Å². The zero-order valence-electron chi connectivity index (χ0n) is 7.81. The number of nitrogens with one attached hydrogen (secondary N) is 1. The summed E-state index contributed by atoms with van der Waals surface area (Å²) in [5.41, 5.74) is 2.48. The molecule has 0 heterocycles. The number of benzene rings is 1. The SMILES string of the molecule is CNC1CCc2cc(F)ccc2C1. The second kappa shape index (κ2) is 3.46. The van der Waals surface area contributed by atoms with Crippen LogP contribution in [0.25, 0.3) is 0 Å². The van der Waals surface area contributed by atoms with E-state index in [1.165, 1.54) is 11.1 Å². The van der Waals surface area contributed by atoms with Crippen LogP contribution in [0.1, 0.15) is 17.5 Å². The normalized spacial score (nSPS) is 21.2. The van der Waals surface area contributed by atoms with Crippen LogP contribution in [0.15, 0.2) is 18.2 Å². The van der Waals surface area contributed by atoms with Gasteiger partial charge in [0.25, 0.3) is 0 Å².